The lowest BCUT2D eigenvalue weighted by Gasteiger charge is -2.31. The summed E-state index contributed by atoms with van der Waals surface area (Å²) in [7, 11) is 0. The smallest absolute Gasteiger partial charge is 0.228 e. The molecule has 4 unspecified atom stereocenters. The lowest BCUT2D eigenvalue weighted by atomic mass is 9.88. The lowest BCUT2D eigenvalue weighted by molar-refractivity contribution is -0.139. The molecule has 0 saturated carbocycles. The molecule has 1 saturated heterocycles. The van der Waals surface area contributed by atoms with E-state index in [2.05, 4.69) is 43.6 Å². The summed E-state index contributed by atoms with van der Waals surface area (Å²) >= 11 is 3.41. The van der Waals surface area contributed by atoms with Crippen molar-refractivity contribution in [1.29, 1.82) is 0 Å². The molecule has 0 aromatic rings. The maximum atomic E-state index is 12.6. The van der Waals surface area contributed by atoms with Gasteiger partial charge in [0.15, 0.2) is 0 Å². The highest BCUT2D eigenvalue weighted by atomic mass is 79.9. The van der Waals surface area contributed by atoms with E-state index in [1.165, 1.54) is 0 Å². The molecule has 4 heteroatoms. The first-order valence-corrected chi connectivity index (χ1v) is 7.54. The Balaban J connectivity index is 2.79. The third-order valence-corrected chi connectivity index (χ3v) is 4.11. The van der Waals surface area contributed by atoms with Crippen LogP contribution in [0.25, 0.3) is 0 Å². The van der Waals surface area contributed by atoms with Crippen LogP contribution in [0.3, 0.4) is 0 Å². The summed E-state index contributed by atoms with van der Waals surface area (Å²) in [5.74, 6) is 0.546. The van der Waals surface area contributed by atoms with E-state index < -0.39 is 0 Å². The van der Waals surface area contributed by atoms with Crippen molar-refractivity contribution >= 4 is 21.8 Å². The molecule has 1 aliphatic heterocycles. The molecule has 0 aromatic carbocycles. The summed E-state index contributed by atoms with van der Waals surface area (Å²) in [5, 5.41) is 0.822. The largest absolute Gasteiger partial charge is 0.374 e. The average Bonchev–Trinajstić information content (AvgIpc) is 2.48. The molecule has 0 N–H and O–H groups in total. The zero-order valence-electron chi connectivity index (χ0n) is 11.4. The summed E-state index contributed by atoms with van der Waals surface area (Å²) in [5.41, 5.74) is 0. The molecule has 1 amide bonds. The molecule has 1 aliphatic rings. The van der Waals surface area contributed by atoms with Crippen molar-refractivity contribution in [2.75, 3.05) is 11.9 Å². The Kier molecular flexibility index (Phi) is 5.45. The molecule has 0 aliphatic carbocycles. The van der Waals surface area contributed by atoms with Gasteiger partial charge in [0.05, 0.1) is 18.1 Å². The Bertz CT molecular complexity index is 270. The minimum absolute atomic E-state index is 0.00597. The highest BCUT2D eigenvalue weighted by Gasteiger charge is 2.43. The van der Waals surface area contributed by atoms with Gasteiger partial charge in [0.2, 0.25) is 5.91 Å². The van der Waals surface area contributed by atoms with Gasteiger partial charge < -0.3 is 9.64 Å². The van der Waals surface area contributed by atoms with Crippen molar-refractivity contribution in [2.45, 2.75) is 52.9 Å². The van der Waals surface area contributed by atoms with Crippen LogP contribution in [-0.4, -0.2) is 40.9 Å². The number of halogens is 1. The van der Waals surface area contributed by atoms with Crippen LogP contribution < -0.4 is 0 Å². The number of hydrogen-bond donors (Lipinski definition) is 0. The predicted molar refractivity (Wildman–Crippen MR) is 73.3 cm³/mol. The van der Waals surface area contributed by atoms with Crippen molar-refractivity contribution in [3.63, 3.8) is 0 Å². The molecule has 100 valence electrons. The van der Waals surface area contributed by atoms with Gasteiger partial charge in [-0.1, -0.05) is 22.9 Å². The summed E-state index contributed by atoms with van der Waals surface area (Å²) in [6.07, 6.45) is 0.209. The Morgan fingerprint density at radius 1 is 1.29 bits per heavy atom. The van der Waals surface area contributed by atoms with Crippen LogP contribution in [0, 0.1) is 11.8 Å². The predicted octanol–water partition coefficient (Wildman–Crippen LogP) is 2.68. The van der Waals surface area contributed by atoms with Crippen LogP contribution in [0.2, 0.25) is 0 Å². The zero-order chi connectivity index (χ0) is 13.2. The first kappa shape index (κ1) is 15.0. The molecular weight excluding hydrogens is 282 g/mol. The van der Waals surface area contributed by atoms with E-state index in [0.717, 1.165) is 11.9 Å². The Morgan fingerprint density at radius 3 is 2.24 bits per heavy atom. The molecule has 0 spiro atoms. The van der Waals surface area contributed by atoms with Crippen LogP contribution in [-0.2, 0) is 9.53 Å². The van der Waals surface area contributed by atoms with Gasteiger partial charge in [-0.25, -0.2) is 0 Å². The Hall–Kier alpha value is -0.0900. The first-order valence-electron chi connectivity index (χ1n) is 6.42. The standard InChI is InChI=1S/C13H24BrNO2/c1-8(2)15(7-6-14)13(16)12-9(3)10(4)17-11(12)5/h8-12H,6-7H2,1-5H3. The molecule has 0 aromatic heterocycles. The van der Waals surface area contributed by atoms with Gasteiger partial charge in [-0.05, 0) is 33.6 Å². The van der Waals surface area contributed by atoms with Gasteiger partial charge >= 0.3 is 0 Å². The number of rotatable bonds is 4. The van der Waals surface area contributed by atoms with E-state index in [1.54, 1.807) is 0 Å². The number of carbonyl (C=O) groups excluding carboxylic acids is 1. The van der Waals surface area contributed by atoms with E-state index in [0.29, 0.717) is 5.92 Å². The Labute approximate surface area is 113 Å². The number of carbonyl (C=O) groups is 1. The molecule has 17 heavy (non-hydrogen) atoms. The SMILES string of the molecule is CC1OC(C)C(C(=O)N(CCBr)C(C)C)C1C. The van der Waals surface area contributed by atoms with Crippen LogP contribution in [0.5, 0.6) is 0 Å². The van der Waals surface area contributed by atoms with E-state index in [-0.39, 0.29) is 30.1 Å². The monoisotopic (exact) mass is 305 g/mol. The van der Waals surface area contributed by atoms with Crippen molar-refractivity contribution in [3.05, 3.63) is 0 Å². The minimum atomic E-state index is 0.00597. The summed E-state index contributed by atoms with van der Waals surface area (Å²) in [6, 6.07) is 0.246. The van der Waals surface area contributed by atoms with E-state index >= 15 is 0 Å². The lowest BCUT2D eigenvalue weighted by Crippen LogP contribution is -2.45. The van der Waals surface area contributed by atoms with Crippen molar-refractivity contribution < 1.29 is 9.53 Å². The number of ether oxygens (including phenoxy) is 1. The van der Waals surface area contributed by atoms with Crippen LogP contribution >= 0.6 is 15.9 Å². The van der Waals surface area contributed by atoms with Crippen LogP contribution in [0.15, 0.2) is 0 Å². The fourth-order valence-corrected chi connectivity index (χ4v) is 2.98. The number of hydrogen-bond acceptors (Lipinski definition) is 2. The maximum Gasteiger partial charge on any atom is 0.228 e. The topological polar surface area (TPSA) is 29.5 Å². The van der Waals surface area contributed by atoms with Crippen LogP contribution in [0.4, 0.5) is 0 Å². The van der Waals surface area contributed by atoms with E-state index in [9.17, 15) is 4.79 Å². The van der Waals surface area contributed by atoms with Gasteiger partial charge in [0.25, 0.3) is 0 Å². The fourth-order valence-electron chi connectivity index (χ4n) is 2.60. The van der Waals surface area contributed by atoms with Gasteiger partial charge in [-0.3, -0.25) is 4.79 Å². The molecule has 1 fully saturated rings. The molecule has 1 rings (SSSR count). The zero-order valence-corrected chi connectivity index (χ0v) is 13.0. The second-order valence-electron chi connectivity index (χ2n) is 5.25. The second kappa shape index (κ2) is 6.19. The molecule has 3 nitrogen and oxygen atoms in total. The Morgan fingerprint density at radius 2 is 1.88 bits per heavy atom. The highest BCUT2D eigenvalue weighted by molar-refractivity contribution is 9.09. The van der Waals surface area contributed by atoms with Gasteiger partial charge in [-0.2, -0.15) is 0 Å². The average molecular weight is 306 g/mol. The normalized spacial score (nSPS) is 33.1. The molecule has 1 heterocycles. The molecule has 4 atom stereocenters. The second-order valence-corrected chi connectivity index (χ2v) is 6.04. The quantitative estimate of drug-likeness (QED) is 0.747. The van der Waals surface area contributed by atoms with Gasteiger partial charge in [-0.15, -0.1) is 0 Å². The summed E-state index contributed by atoms with van der Waals surface area (Å²) in [4.78, 5) is 14.5. The third-order valence-electron chi connectivity index (χ3n) is 3.76. The van der Waals surface area contributed by atoms with Crippen molar-refractivity contribution in [3.8, 4) is 0 Å². The van der Waals surface area contributed by atoms with Crippen LogP contribution in [0.1, 0.15) is 34.6 Å². The highest BCUT2D eigenvalue weighted by Crippen LogP contribution is 2.33. The number of amides is 1. The van der Waals surface area contributed by atoms with Crippen molar-refractivity contribution in [1.82, 2.24) is 4.90 Å². The van der Waals surface area contributed by atoms with Gasteiger partial charge in [0.1, 0.15) is 0 Å². The number of alkyl halides is 1. The molecule has 0 radical (unpaired) electrons. The summed E-state index contributed by atoms with van der Waals surface area (Å²) in [6.45, 7) is 11.1. The van der Waals surface area contributed by atoms with Gasteiger partial charge in [0, 0.05) is 17.9 Å². The van der Waals surface area contributed by atoms with E-state index in [4.69, 9.17) is 4.74 Å². The third kappa shape index (κ3) is 3.22. The van der Waals surface area contributed by atoms with E-state index in [1.807, 2.05) is 11.8 Å². The van der Waals surface area contributed by atoms with Crippen molar-refractivity contribution in [2.24, 2.45) is 11.8 Å². The number of nitrogens with zero attached hydrogens (tertiary/aromatic N) is 1. The summed E-state index contributed by atoms with van der Waals surface area (Å²) < 4.78 is 5.76. The molecular formula is C13H24BrNO2. The molecule has 0 bridgehead atoms. The first-order chi connectivity index (χ1) is 7.90. The minimum Gasteiger partial charge on any atom is -0.374 e. The fraction of sp³-hybridized carbons (Fsp3) is 0.923. The maximum absolute atomic E-state index is 12.6.